The zero-order chi connectivity index (χ0) is 14.5. The highest BCUT2D eigenvalue weighted by Gasteiger charge is 2.15. The molecule has 0 aromatic carbocycles. The van der Waals surface area contributed by atoms with Gasteiger partial charge in [-0.15, -0.1) is 0 Å². The fourth-order valence-corrected chi connectivity index (χ4v) is 3.45. The number of rotatable bonds is 6. The molecule has 0 atom stereocenters. The molecule has 0 unspecified atom stereocenters. The number of hydrogen-bond acceptors (Lipinski definition) is 4. The Kier molecular flexibility index (Phi) is 4.91. The summed E-state index contributed by atoms with van der Waals surface area (Å²) in [4.78, 5) is 14.3. The van der Waals surface area contributed by atoms with Crippen LogP contribution in [0.3, 0.4) is 0 Å². The van der Waals surface area contributed by atoms with E-state index in [0.29, 0.717) is 6.54 Å². The monoisotopic (exact) mass is 290 g/mol. The fraction of sp³-hybridized carbons (Fsp3) is 0.750. The molecular weight excluding hydrogens is 264 g/mol. The molecule has 5 nitrogen and oxygen atoms in total. The van der Waals surface area contributed by atoms with Gasteiger partial charge in [-0.05, 0) is 38.1 Å². The Labute approximate surface area is 126 Å². The van der Waals surface area contributed by atoms with Crippen LogP contribution in [0.4, 0.5) is 5.69 Å². The van der Waals surface area contributed by atoms with E-state index in [-0.39, 0.29) is 5.56 Å². The Morgan fingerprint density at radius 2 is 1.95 bits per heavy atom. The van der Waals surface area contributed by atoms with Gasteiger partial charge in [0.2, 0.25) is 0 Å². The molecule has 3 rings (SSSR count). The van der Waals surface area contributed by atoms with E-state index in [2.05, 4.69) is 15.3 Å². The smallest absolute Gasteiger partial charge is 0.268 e. The molecule has 21 heavy (non-hydrogen) atoms. The summed E-state index contributed by atoms with van der Waals surface area (Å²) in [6.07, 6.45) is 9.74. The topological polar surface area (TPSA) is 50.2 Å². The molecule has 1 aliphatic carbocycles. The molecule has 116 valence electrons. The molecule has 0 amide bonds. The molecule has 0 radical (unpaired) electrons. The van der Waals surface area contributed by atoms with E-state index in [4.69, 9.17) is 0 Å². The molecule has 5 heteroatoms. The largest absolute Gasteiger partial charge is 0.370 e. The van der Waals surface area contributed by atoms with Gasteiger partial charge in [0.1, 0.15) is 0 Å². The first kappa shape index (κ1) is 14.6. The van der Waals surface area contributed by atoms with Crippen LogP contribution in [0.15, 0.2) is 17.1 Å². The lowest BCUT2D eigenvalue weighted by molar-refractivity contribution is 0.461. The molecule has 0 bridgehead atoms. The van der Waals surface area contributed by atoms with E-state index < -0.39 is 0 Å². The Balaban J connectivity index is 1.47. The first-order valence-electron chi connectivity index (χ1n) is 8.36. The normalized spacial score (nSPS) is 19.5. The van der Waals surface area contributed by atoms with Gasteiger partial charge >= 0.3 is 0 Å². The van der Waals surface area contributed by atoms with E-state index in [1.165, 1.54) is 38.5 Å². The van der Waals surface area contributed by atoms with Gasteiger partial charge in [-0.2, -0.15) is 5.10 Å². The molecule has 1 aromatic heterocycles. The van der Waals surface area contributed by atoms with Crippen molar-refractivity contribution < 1.29 is 0 Å². The van der Waals surface area contributed by atoms with Crippen molar-refractivity contribution in [1.29, 1.82) is 0 Å². The summed E-state index contributed by atoms with van der Waals surface area (Å²) >= 11 is 0. The number of aromatic nitrogens is 2. The molecule has 0 spiro atoms. The van der Waals surface area contributed by atoms with E-state index in [1.54, 1.807) is 10.7 Å². The summed E-state index contributed by atoms with van der Waals surface area (Å²) in [7, 11) is 0. The van der Waals surface area contributed by atoms with Crippen molar-refractivity contribution in [1.82, 2.24) is 15.1 Å². The Morgan fingerprint density at radius 3 is 2.67 bits per heavy atom. The summed E-state index contributed by atoms with van der Waals surface area (Å²) in [6.45, 7) is 4.67. The van der Waals surface area contributed by atoms with Crippen LogP contribution < -0.4 is 15.8 Å². The molecule has 1 saturated heterocycles. The van der Waals surface area contributed by atoms with E-state index >= 15 is 0 Å². The second-order valence-corrected chi connectivity index (χ2v) is 6.32. The Morgan fingerprint density at radius 1 is 1.19 bits per heavy atom. The highest BCUT2D eigenvalue weighted by molar-refractivity contribution is 5.43. The maximum atomic E-state index is 12.1. The van der Waals surface area contributed by atoms with Crippen LogP contribution in [0.1, 0.15) is 38.5 Å². The number of nitrogens with zero attached hydrogens (tertiary/aromatic N) is 3. The summed E-state index contributed by atoms with van der Waals surface area (Å²) in [5, 5.41) is 7.78. The van der Waals surface area contributed by atoms with Crippen molar-refractivity contribution in [2.45, 2.75) is 45.1 Å². The maximum Gasteiger partial charge on any atom is 0.268 e. The fourth-order valence-electron chi connectivity index (χ4n) is 3.45. The number of nitrogens with one attached hydrogen (secondary N) is 1. The van der Waals surface area contributed by atoms with E-state index in [0.717, 1.165) is 37.8 Å². The van der Waals surface area contributed by atoms with Gasteiger partial charge in [0.05, 0.1) is 18.4 Å². The molecule has 2 fully saturated rings. The Hall–Kier alpha value is -1.36. The average Bonchev–Trinajstić information content (AvgIpc) is 3.18. The highest BCUT2D eigenvalue weighted by Crippen LogP contribution is 2.23. The van der Waals surface area contributed by atoms with Crippen LogP contribution in [0.25, 0.3) is 0 Å². The third kappa shape index (κ3) is 3.84. The standard InChI is InChI=1S/C16H26N4O/c21-16-11-15(19-8-3-4-9-19)13-18-20(16)10-7-17-12-14-5-1-2-6-14/h11,13-14,17H,1-10,12H2. The zero-order valence-corrected chi connectivity index (χ0v) is 12.8. The van der Waals surface area contributed by atoms with E-state index in [9.17, 15) is 4.79 Å². The van der Waals surface area contributed by atoms with Crippen LogP contribution >= 0.6 is 0 Å². The van der Waals surface area contributed by atoms with Gasteiger partial charge in [-0.1, -0.05) is 12.8 Å². The summed E-state index contributed by atoms with van der Waals surface area (Å²) in [5.41, 5.74) is 0.995. The van der Waals surface area contributed by atoms with Crippen molar-refractivity contribution in [3.8, 4) is 0 Å². The molecule has 1 saturated carbocycles. The SMILES string of the molecule is O=c1cc(N2CCCC2)cnn1CCNCC1CCCC1. The van der Waals surface area contributed by atoms with Gasteiger partial charge in [0.15, 0.2) is 0 Å². The van der Waals surface area contributed by atoms with Crippen molar-refractivity contribution in [2.75, 3.05) is 31.1 Å². The van der Waals surface area contributed by atoms with Gasteiger partial charge in [-0.25, -0.2) is 4.68 Å². The summed E-state index contributed by atoms with van der Waals surface area (Å²) < 4.78 is 1.57. The second kappa shape index (κ2) is 7.07. The maximum absolute atomic E-state index is 12.1. The second-order valence-electron chi connectivity index (χ2n) is 6.32. The van der Waals surface area contributed by atoms with Gasteiger partial charge in [0, 0.05) is 25.7 Å². The lowest BCUT2D eigenvalue weighted by Crippen LogP contribution is -2.31. The van der Waals surface area contributed by atoms with Gasteiger partial charge in [0.25, 0.3) is 5.56 Å². The lowest BCUT2D eigenvalue weighted by Gasteiger charge is -2.17. The minimum atomic E-state index is 0.0158. The van der Waals surface area contributed by atoms with E-state index in [1.807, 2.05) is 6.20 Å². The minimum absolute atomic E-state index is 0.0158. The van der Waals surface area contributed by atoms with Crippen molar-refractivity contribution in [3.63, 3.8) is 0 Å². The van der Waals surface area contributed by atoms with Crippen molar-refractivity contribution in [2.24, 2.45) is 5.92 Å². The zero-order valence-electron chi connectivity index (χ0n) is 12.8. The average molecular weight is 290 g/mol. The third-order valence-corrected chi connectivity index (χ3v) is 4.73. The molecule has 2 heterocycles. The number of anilines is 1. The molecule has 1 aromatic rings. The van der Waals surface area contributed by atoms with Crippen LogP contribution in [0.5, 0.6) is 0 Å². The van der Waals surface area contributed by atoms with Crippen LogP contribution in [-0.2, 0) is 6.54 Å². The van der Waals surface area contributed by atoms with Gasteiger partial charge < -0.3 is 10.2 Å². The molecule has 1 N–H and O–H groups in total. The first-order valence-corrected chi connectivity index (χ1v) is 8.36. The van der Waals surface area contributed by atoms with Crippen molar-refractivity contribution in [3.05, 3.63) is 22.6 Å². The third-order valence-electron chi connectivity index (χ3n) is 4.73. The molecular formula is C16H26N4O. The number of hydrogen-bond donors (Lipinski definition) is 1. The molecule has 2 aliphatic rings. The quantitative estimate of drug-likeness (QED) is 0.809. The summed E-state index contributed by atoms with van der Waals surface area (Å²) in [5.74, 6) is 0.840. The van der Waals surface area contributed by atoms with Crippen molar-refractivity contribution >= 4 is 5.69 Å². The van der Waals surface area contributed by atoms with Crippen LogP contribution in [0, 0.1) is 5.92 Å². The molecule has 1 aliphatic heterocycles. The van der Waals surface area contributed by atoms with Crippen LogP contribution in [0.2, 0.25) is 0 Å². The Bertz CT molecular complexity index is 501. The predicted octanol–water partition coefficient (Wildman–Crippen LogP) is 1.62. The minimum Gasteiger partial charge on any atom is -0.370 e. The summed E-state index contributed by atoms with van der Waals surface area (Å²) in [6, 6.07) is 1.73. The lowest BCUT2D eigenvalue weighted by atomic mass is 10.1. The highest BCUT2D eigenvalue weighted by atomic mass is 16.1. The van der Waals surface area contributed by atoms with Gasteiger partial charge in [-0.3, -0.25) is 4.79 Å². The first-order chi connectivity index (χ1) is 10.3. The van der Waals surface area contributed by atoms with Crippen LogP contribution in [-0.4, -0.2) is 36.0 Å². The predicted molar refractivity (Wildman–Crippen MR) is 84.8 cm³/mol.